The van der Waals surface area contributed by atoms with E-state index in [0.29, 0.717) is 5.75 Å². The van der Waals surface area contributed by atoms with E-state index in [1.54, 1.807) is 6.07 Å². The summed E-state index contributed by atoms with van der Waals surface area (Å²) in [6, 6.07) is 7.28. The third kappa shape index (κ3) is 1.95. The molecule has 1 heterocycles. The maximum atomic E-state index is 12.0. The van der Waals surface area contributed by atoms with Crippen molar-refractivity contribution in [2.24, 2.45) is 0 Å². The third-order valence-corrected chi connectivity index (χ3v) is 2.95. The van der Waals surface area contributed by atoms with Crippen LogP contribution >= 0.6 is 0 Å². The van der Waals surface area contributed by atoms with Crippen molar-refractivity contribution in [1.29, 1.82) is 0 Å². The van der Waals surface area contributed by atoms with E-state index in [1.165, 1.54) is 18.3 Å². The van der Waals surface area contributed by atoms with Crippen molar-refractivity contribution in [2.45, 2.75) is 0 Å². The van der Waals surface area contributed by atoms with Gasteiger partial charge in [0, 0.05) is 17.1 Å². The fourth-order valence-electron chi connectivity index (χ4n) is 1.96. The number of fused-ring (bicyclic) bond motifs is 1. The Hall–Kier alpha value is -2.95. The summed E-state index contributed by atoms with van der Waals surface area (Å²) in [6.45, 7) is 0. The highest BCUT2D eigenvalue weighted by Crippen LogP contribution is 2.25. The fraction of sp³-hybridized carbons (Fsp3) is 0. The van der Waals surface area contributed by atoms with Crippen molar-refractivity contribution in [3.63, 3.8) is 0 Å². The average Bonchev–Trinajstić information content (AvgIpc) is 2.85. The second-order valence-electron chi connectivity index (χ2n) is 4.22. The number of aromatic nitrogens is 1. The number of aromatic amines is 1. The Bertz CT molecular complexity index is 795. The van der Waals surface area contributed by atoms with Crippen LogP contribution in [-0.2, 0) is 14.4 Å². The van der Waals surface area contributed by atoms with Gasteiger partial charge in [-0.05, 0) is 24.3 Å². The van der Waals surface area contributed by atoms with Crippen LogP contribution in [0.25, 0.3) is 10.9 Å². The first-order chi connectivity index (χ1) is 9.66. The minimum absolute atomic E-state index is 0.261. The van der Waals surface area contributed by atoms with E-state index in [2.05, 4.69) is 4.98 Å². The molecule has 0 saturated heterocycles. The van der Waals surface area contributed by atoms with Gasteiger partial charge in [-0.15, -0.1) is 0 Å². The molecular weight excluding hydrogens is 258 g/mol. The summed E-state index contributed by atoms with van der Waals surface area (Å²) in [6.07, 6.45) is 5.29. The molecule has 1 aliphatic carbocycles. The van der Waals surface area contributed by atoms with Crippen LogP contribution in [0.15, 0.2) is 54.3 Å². The fourth-order valence-corrected chi connectivity index (χ4v) is 1.96. The summed E-state index contributed by atoms with van der Waals surface area (Å²) in [7, 11) is 0. The summed E-state index contributed by atoms with van der Waals surface area (Å²) in [5, 5.41) is 0.728. The van der Waals surface area contributed by atoms with Crippen LogP contribution in [0.1, 0.15) is 0 Å². The quantitative estimate of drug-likeness (QED) is 0.389. The number of rotatable bonds is 2. The SMILES string of the molecule is O=C1C=CC=C(C(=O)Oc2c[nH]c3ccccc23)C1=O. The smallest absolute Gasteiger partial charge is 0.347 e. The summed E-state index contributed by atoms with van der Waals surface area (Å²) >= 11 is 0. The van der Waals surface area contributed by atoms with Crippen LogP contribution in [0.4, 0.5) is 0 Å². The van der Waals surface area contributed by atoms with Gasteiger partial charge in [0.15, 0.2) is 5.75 Å². The number of H-pyrrole nitrogens is 1. The molecule has 1 aromatic heterocycles. The normalized spacial score (nSPS) is 14.5. The molecule has 0 bridgehead atoms. The molecule has 0 atom stereocenters. The molecule has 0 radical (unpaired) electrons. The molecule has 1 aliphatic rings. The number of esters is 1. The molecule has 0 saturated carbocycles. The zero-order valence-electron chi connectivity index (χ0n) is 10.3. The van der Waals surface area contributed by atoms with Gasteiger partial charge in [-0.3, -0.25) is 9.59 Å². The van der Waals surface area contributed by atoms with Crippen LogP contribution in [0, 0.1) is 0 Å². The van der Waals surface area contributed by atoms with E-state index in [0.717, 1.165) is 17.0 Å². The molecule has 20 heavy (non-hydrogen) atoms. The topological polar surface area (TPSA) is 76.2 Å². The zero-order chi connectivity index (χ0) is 14.1. The zero-order valence-corrected chi connectivity index (χ0v) is 10.3. The molecule has 1 N–H and O–H groups in total. The first-order valence-corrected chi connectivity index (χ1v) is 5.92. The van der Waals surface area contributed by atoms with Gasteiger partial charge in [-0.2, -0.15) is 0 Å². The van der Waals surface area contributed by atoms with E-state index in [4.69, 9.17) is 4.74 Å². The van der Waals surface area contributed by atoms with E-state index < -0.39 is 17.5 Å². The number of Topliss-reactive ketones (excluding diaryl/α,β-unsaturated/α-hetero) is 1. The molecule has 0 amide bonds. The molecule has 98 valence electrons. The number of ether oxygens (including phenoxy) is 1. The molecule has 0 unspecified atom stereocenters. The van der Waals surface area contributed by atoms with Crippen molar-refractivity contribution in [3.05, 3.63) is 54.3 Å². The Balaban J connectivity index is 1.90. The number of hydrogen-bond donors (Lipinski definition) is 1. The highest BCUT2D eigenvalue weighted by Gasteiger charge is 2.27. The van der Waals surface area contributed by atoms with Crippen molar-refractivity contribution in [2.75, 3.05) is 0 Å². The van der Waals surface area contributed by atoms with Gasteiger partial charge >= 0.3 is 5.97 Å². The Morgan fingerprint density at radius 2 is 1.95 bits per heavy atom. The summed E-state index contributed by atoms with van der Waals surface area (Å²) in [4.78, 5) is 37.7. The number of para-hydroxylation sites is 1. The molecule has 2 aromatic rings. The van der Waals surface area contributed by atoms with E-state index in [1.807, 2.05) is 18.2 Å². The molecule has 0 spiro atoms. The predicted octanol–water partition coefficient (Wildman–Crippen LogP) is 1.71. The average molecular weight is 267 g/mol. The second-order valence-corrected chi connectivity index (χ2v) is 4.22. The van der Waals surface area contributed by atoms with Gasteiger partial charge in [0.05, 0.1) is 0 Å². The minimum atomic E-state index is -0.850. The van der Waals surface area contributed by atoms with Crippen LogP contribution in [0.5, 0.6) is 5.75 Å². The van der Waals surface area contributed by atoms with Gasteiger partial charge in [0.1, 0.15) is 5.57 Å². The summed E-state index contributed by atoms with van der Waals surface area (Å²) in [5.41, 5.74) is 0.554. The van der Waals surface area contributed by atoms with E-state index in [9.17, 15) is 14.4 Å². The van der Waals surface area contributed by atoms with Crippen LogP contribution in [-0.4, -0.2) is 22.5 Å². The number of ketones is 2. The maximum absolute atomic E-state index is 12.0. The first-order valence-electron chi connectivity index (χ1n) is 5.92. The molecule has 0 fully saturated rings. The number of carbonyl (C=O) groups is 3. The maximum Gasteiger partial charge on any atom is 0.347 e. The Morgan fingerprint density at radius 1 is 1.15 bits per heavy atom. The molecule has 0 aliphatic heterocycles. The largest absolute Gasteiger partial charge is 0.421 e. The van der Waals surface area contributed by atoms with Crippen molar-refractivity contribution in [1.82, 2.24) is 4.98 Å². The molecule has 5 heteroatoms. The number of nitrogens with one attached hydrogen (secondary N) is 1. The second kappa shape index (κ2) is 4.62. The number of benzene rings is 1. The van der Waals surface area contributed by atoms with E-state index in [-0.39, 0.29) is 5.57 Å². The number of carbonyl (C=O) groups excluding carboxylic acids is 3. The summed E-state index contributed by atoms with van der Waals surface area (Å²) in [5.74, 6) is -2.09. The highest BCUT2D eigenvalue weighted by atomic mass is 16.5. The third-order valence-electron chi connectivity index (χ3n) is 2.95. The lowest BCUT2D eigenvalue weighted by Crippen LogP contribution is -2.25. The molecule has 3 rings (SSSR count). The van der Waals surface area contributed by atoms with Gasteiger partial charge in [0.2, 0.25) is 11.6 Å². The van der Waals surface area contributed by atoms with Crippen LogP contribution in [0.3, 0.4) is 0 Å². The summed E-state index contributed by atoms with van der Waals surface area (Å²) < 4.78 is 5.18. The van der Waals surface area contributed by atoms with E-state index >= 15 is 0 Å². The highest BCUT2D eigenvalue weighted by molar-refractivity contribution is 6.53. The molecule has 5 nitrogen and oxygen atoms in total. The lowest BCUT2D eigenvalue weighted by atomic mass is 10.0. The first kappa shape index (κ1) is 12.1. The monoisotopic (exact) mass is 267 g/mol. The van der Waals surface area contributed by atoms with Gasteiger partial charge in [-0.25, -0.2) is 4.79 Å². The Morgan fingerprint density at radius 3 is 2.80 bits per heavy atom. The van der Waals surface area contributed by atoms with Crippen molar-refractivity contribution in [3.8, 4) is 5.75 Å². The lowest BCUT2D eigenvalue weighted by Gasteiger charge is -2.06. The van der Waals surface area contributed by atoms with Gasteiger partial charge < -0.3 is 9.72 Å². The van der Waals surface area contributed by atoms with Gasteiger partial charge in [-0.1, -0.05) is 18.2 Å². The Kier molecular flexibility index (Phi) is 2.80. The molecular formula is C15H9NO4. The predicted molar refractivity (Wildman–Crippen MR) is 71.2 cm³/mol. The Labute approximate surface area is 113 Å². The minimum Gasteiger partial charge on any atom is -0.421 e. The number of hydrogen-bond acceptors (Lipinski definition) is 4. The van der Waals surface area contributed by atoms with Crippen LogP contribution in [0.2, 0.25) is 0 Å². The number of allylic oxidation sites excluding steroid dienone is 3. The van der Waals surface area contributed by atoms with Crippen LogP contribution < -0.4 is 4.74 Å². The lowest BCUT2D eigenvalue weighted by molar-refractivity contribution is -0.137. The molecule has 1 aromatic carbocycles. The van der Waals surface area contributed by atoms with Crippen molar-refractivity contribution < 1.29 is 19.1 Å². The van der Waals surface area contributed by atoms with Gasteiger partial charge in [0.25, 0.3) is 0 Å². The standard InChI is InChI=1S/C15H9NO4/c17-12-7-3-5-10(14(12)18)15(19)20-13-8-16-11-6-2-1-4-9(11)13/h1-8,16H. The van der Waals surface area contributed by atoms with Crippen molar-refractivity contribution >= 4 is 28.4 Å².